The molecule has 0 amide bonds. The first-order chi connectivity index (χ1) is 18.6. The van der Waals surface area contributed by atoms with Gasteiger partial charge in [0.05, 0.1) is 0 Å². The Hall–Kier alpha value is -4.78. The van der Waals surface area contributed by atoms with Gasteiger partial charge in [-0.15, -0.1) is 0 Å². The van der Waals surface area contributed by atoms with Gasteiger partial charge in [-0.25, -0.2) is 19.9 Å². The van der Waals surface area contributed by atoms with Gasteiger partial charge in [0, 0.05) is 36.3 Å². The van der Waals surface area contributed by atoms with Crippen LogP contribution < -0.4 is 5.32 Å². The van der Waals surface area contributed by atoms with Gasteiger partial charge in [0.25, 0.3) is 0 Å². The lowest BCUT2D eigenvalue weighted by atomic mass is 10.1. The van der Waals surface area contributed by atoms with E-state index in [1.807, 2.05) is 93.7 Å². The fraction of sp³-hybridized carbons (Fsp3) is 0.161. The van der Waals surface area contributed by atoms with E-state index in [1.54, 1.807) is 18.5 Å². The highest BCUT2D eigenvalue weighted by Gasteiger charge is 2.15. The predicted octanol–water partition coefficient (Wildman–Crippen LogP) is 6.76. The Kier molecular flexibility index (Phi) is 10.8. The molecule has 0 spiro atoms. The van der Waals surface area contributed by atoms with Crippen molar-refractivity contribution in [1.82, 2.24) is 25.3 Å². The number of amidine groups is 1. The molecule has 2 aromatic rings. The Bertz CT molecular complexity index is 1380. The lowest BCUT2D eigenvalue weighted by molar-refractivity contribution is 0.942. The third kappa shape index (κ3) is 8.13. The van der Waals surface area contributed by atoms with Crippen LogP contribution in [0.3, 0.4) is 0 Å². The predicted molar refractivity (Wildman–Crippen MR) is 159 cm³/mol. The van der Waals surface area contributed by atoms with Crippen LogP contribution in [0.25, 0.3) is 23.4 Å². The molecule has 0 atom stereocenters. The van der Waals surface area contributed by atoms with Crippen LogP contribution in [-0.2, 0) is 0 Å². The molecule has 192 valence electrons. The molecule has 1 aliphatic rings. The van der Waals surface area contributed by atoms with Crippen LogP contribution in [-0.4, -0.2) is 32.0 Å². The summed E-state index contributed by atoms with van der Waals surface area (Å²) in [6, 6.07) is 3.81. The van der Waals surface area contributed by atoms with Gasteiger partial charge in [0.15, 0.2) is 17.5 Å². The van der Waals surface area contributed by atoms with Gasteiger partial charge in [-0.2, -0.15) is 0 Å². The largest absolute Gasteiger partial charge is 0.343 e. The van der Waals surface area contributed by atoms with Crippen LogP contribution in [0.15, 0.2) is 102 Å². The quantitative estimate of drug-likeness (QED) is 0.276. The third-order valence-electron chi connectivity index (χ3n) is 5.41. The van der Waals surface area contributed by atoms with Crippen molar-refractivity contribution >= 4 is 35.5 Å². The van der Waals surface area contributed by atoms with Crippen molar-refractivity contribution in [2.75, 3.05) is 0 Å². The zero-order valence-electron chi connectivity index (χ0n) is 22.1. The highest BCUT2D eigenvalue weighted by molar-refractivity contribution is 5.93. The molecule has 0 bridgehead atoms. The maximum Gasteiger partial charge on any atom is 0.182 e. The Morgan fingerprint density at radius 2 is 1.82 bits per heavy atom. The molecular weight excluding hydrogens is 470 g/mol. The second-order valence-electron chi connectivity index (χ2n) is 8.24. The van der Waals surface area contributed by atoms with E-state index in [-0.39, 0.29) is 0 Å². The fourth-order valence-corrected chi connectivity index (χ4v) is 3.42. The molecule has 0 radical (unpaired) electrons. The van der Waals surface area contributed by atoms with Crippen LogP contribution in [0, 0.1) is 5.41 Å². The summed E-state index contributed by atoms with van der Waals surface area (Å²) in [4.78, 5) is 22.9. The van der Waals surface area contributed by atoms with Gasteiger partial charge in [-0.05, 0) is 62.6 Å². The van der Waals surface area contributed by atoms with Crippen molar-refractivity contribution < 1.29 is 0 Å². The molecule has 0 aliphatic carbocycles. The van der Waals surface area contributed by atoms with Crippen molar-refractivity contribution in [3.63, 3.8) is 0 Å². The Morgan fingerprint density at radius 3 is 2.53 bits per heavy atom. The average molecular weight is 504 g/mol. The van der Waals surface area contributed by atoms with Crippen LogP contribution in [0.4, 0.5) is 0 Å². The Labute approximate surface area is 224 Å². The van der Waals surface area contributed by atoms with Crippen LogP contribution >= 0.6 is 0 Å². The molecule has 3 rings (SSSR count). The molecule has 2 aromatic heterocycles. The summed E-state index contributed by atoms with van der Waals surface area (Å²) in [6.45, 7) is 9.84. The van der Waals surface area contributed by atoms with Crippen molar-refractivity contribution in [3.05, 3.63) is 120 Å². The SMILES string of the molecule is C=C/C(NC1=NC(c2nc(/C=C/C=C\C)nc(/C(C)=C/C=C\C)n2)=CCC1)=C(C=N)\C=C\c1ccncc1. The van der Waals surface area contributed by atoms with Gasteiger partial charge >= 0.3 is 0 Å². The minimum Gasteiger partial charge on any atom is -0.343 e. The van der Waals surface area contributed by atoms with Gasteiger partial charge in [0.2, 0.25) is 0 Å². The fourth-order valence-electron chi connectivity index (χ4n) is 3.42. The lowest BCUT2D eigenvalue weighted by Gasteiger charge is -2.16. The second kappa shape index (κ2) is 14.7. The summed E-state index contributed by atoms with van der Waals surface area (Å²) in [5, 5.41) is 11.3. The molecular formula is C31H33N7. The zero-order valence-corrected chi connectivity index (χ0v) is 22.1. The van der Waals surface area contributed by atoms with Gasteiger partial charge < -0.3 is 10.7 Å². The first kappa shape index (κ1) is 27.8. The van der Waals surface area contributed by atoms with Crippen LogP contribution in [0.5, 0.6) is 0 Å². The molecule has 0 fully saturated rings. The van der Waals surface area contributed by atoms with Crippen molar-refractivity contribution in [3.8, 4) is 0 Å². The minimum absolute atomic E-state index is 0.511. The highest BCUT2D eigenvalue weighted by Crippen LogP contribution is 2.21. The lowest BCUT2D eigenvalue weighted by Crippen LogP contribution is -2.24. The number of hydrogen-bond donors (Lipinski definition) is 2. The molecule has 0 saturated carbocycles. The van der Waals surface area contributed by atoms with E-state index >= 15 is 0 Å². The molecule has 0 unspecified atom stereocenters. The van der Waals surface area contributed by atoms with Crippen molar-refractivity contribution in [1.29, 1.82) is 5.41 Å². The number of pyridine rings is 1. The van der Waals surface area contributed by atoms with E-state index in [0.29, 0.717) is 40.9 Å². The number of nitrogens with one attached hydrogen (secondary N) is 2. The van der Waals surface area contributed by atoms with Crippen LogP contribution in [0.1, 0.15) is 56.6 Å². The van der Waals surface area contributed by atoms with E-state index in [4.69, 9.17) is 15.4 Å². The number of aliphatic imine (C=N–C) groups is 1. The zero-order chi connectivity index (χ0) is 27.2. The Balaban J connectivity index is 1.95. The minimum atomic E-state index is 0.511. The van der Waals surface area contributed by atoms with E-state index in [9.17, 15) is 0 Å². The summed E-state index contributed by atoms with van der Waals surface area (Å²) in [5.41, 5.74) is 3.97. The number of nitrogens with zero attached hydrogens (tertiary/aromatic N) is 5. The first-order valence-electron chi connectivity index (χ1n) is 12.4. The van der Waals surface area contributed by atoms with E-state index in [0.717, 1.165) is 23.4 Å². The summed E-state index contributed by atoms with van der Waals surface area (Å²) in [5.74, 6) is 2.43. The van der Waals surface area contributed by atoms with E-state index in [1.165, 1.54) is 6.21 Å². The van der Waals surface area contributed by atoms with Gasteiger partial charge in [-0.1, -0.05) is 61.3 Å². The normalized spacial score (nSPS) is 15.2. The molecule has 1 aliphatic heterocycles. The van der Waals surface area contributed by atoms with E-state index in [2.05, 4.69) is 26.8 Å². The third-order valence-corrected chi connectivity index (χ3v) is 5.41. The number of allylic oxidation sites excluding steroid dienone is 11. The topological polar surface area (TPSA) is 99.8 Å². The molecule has 7 heteroatoms. The van der Waals surface area contributed by atoms with Crippen LogP contribution in [0.2, 0.25) is 0 Å². The van der Waals surface area contributed by atoms with Gasteiger partial charge in [0.1, 0.15) is 11.5 Å². The second-order valence-corrected chi connectivity index (χ2v) is 8.24. The van der Waals surface area contributed by atoms with Crippen molar-refractivity contribution in [2.24, 2.45) is 4.99 Å². The Morgan fingerprint density at radius 1 is 1.03 bits per heavy atom. The molecule has 38 heavy (non-hydrogen) atoms. The summed E-state index contributed by atoms with van der Waals surface area (Å²) in [6.07, 6.45) is 27.3. The van der Waals surface area contributed by atoms with E-state index < -0.39 is 0 Å². The molecule has 0 saturated heterocycles. The highest BCUT2D eigenvalue weighted by atomic mass is 15.1. The average Bonchev–Trinajstić information content (AvgIpc) is 2.96. The van der Waals surface area contributed by atoms with Gasteiger partial charge in [-0.3, -0.25) is 4.98 Å². The number of rotatable bonds is 10. The molecule has 2 N–H and O–H groups in total. The number of hydrogen-bond acceptors (Lipinski definition) is 7. The number of aromatic nitrogens is 4. The molecule has 3 heterocycles. The maximum atomic E-state index is 7.92. The molecule has 7 nitrogen and oxygen atoms in total. The van der Waals surface area contributed by atoms with Crippen molar-refractivity contribution in [2.45, 2.75) is 33.6 Å². The monoisotopic (exact) mass is 503 g/mol. The summed E-state index contributed by atoms with van der Waals surface area (Å²) >= 11 is 0. The first-order valence-corrected chi connectivity index (χ1v) is 12.4. The maximum absolute atomic E-state index is 7.92. The summed E-state index contributed by atoms with van der Waals surface area (Å²) < 4.78 is 0. The molecule has 0 aromatic carbocycles. The standard InChI is InChI=1S/C31H33N7/c1-5-8-10-14-29-36-30(23(4)12-9-6-2)38-31(37-29)27-13-11-15-28(35-27)34-26(7-3)25(22-32)17-16-24-18-20-33-21-19-24/h5-10,12-14,16-22,32H,3,11,15H2,1-2,4H3,(H,34,35)/b8-5-,9-6-,14-10+,17-16+,23-12+,26-25-,32-22?. The smallest absolute Gasteiger partial charge is 0.182 e. The summed E-state index contributed by atoms with van der Waals surface area (Å²) in [7, 11) is 0.